The fourth-order valence-corrected chi connectivity index (χ4v) is 5.62. The van der Waals surface area contributed by atoms with Gasteiger partial charge in [-0.05, 0) is 92.3 Å². The molecule has 0 unspecified atom stereocenters. The van der Waals surface area contributed by atoms with Crippen LogP contribution in [-0.4, -0.2) is 46.2 Å². The Hall–Kier alpha value is -0.950. The van der Waals surface area contributed by atoms with E-state index in [0.29, 0.717) is 18.0 Å². The predicted octanol–water partition coefficient (Wildman–Crippen LogP) is 3.38. The zero-order valence-electron chi connectivity index (χ0n) is 13.9. The molecule has 6 heteroatoms. The van der Waals surface area contributed by atoms with Gasteiger partial charge in [0.2, 0.25) is 0 Å². The number of fused-ring (bicyclic) bond motifs is 3. The third-order valence-electron chi connectivity index (χ3n) is 5.33. The van der Waals surface area contributed by atoms with E-state index in [-0.39, 0.29) is 5.91 Å². The molecule has 4 aliphatic rings. The van der Waals surface area contributed by atoms with Crippen LogP contribution in [0.5, 0.6) is 0 Å². The second kappa shape index (κ2) is 7.12. The quantitative estimate of drug-likeness (QED) is 0.832. The summed E-state index contributed by atoms with van der Waals surface area (Å²) in [6.07, 6.45) is 4.58. The summed E-state index contributed by atoms with van der Waals surface area (Å²) < 4.78 is 2.21. The second-order valence-corrected chi connectivity index (χ2v) is 8.97. The predicted molar refractivity (Wildman–Crippen MR) is 101 cm³/mol. The first-order valence-electron chi connectivity index (χ1n) is 8.63. The Bertz CT molecular complexity index is 616. The number of rotatable bonds is 4. The minimum absolute atomic E-state index is 0.0642. The van der Waals surface area contributed by atoms with Gasteiger partial charge < -0.3 is 5.32 Å². The molecule has 0 aliphatic carbocycles. The molecule has 4 nitrogen and oxygen atoms in total. The molecule has 1 aromatic rings. The van der Waals surface area contributed by atoms with E-state index >= 15 is 0 Å². The third-order valence-corrected chi connectivity index (χ3v) is 7.34. The van der Waals surface area contributed by atoms with Gasteiger partial charge in [-0.15, -0.1) is 0 Å². The topological polar surface area (TPSA) is 35.6 Å². The summed E-state index contributed by atoms with van der Waals surface area (Å²) >= 11 is 3.42. The van der Waals surface area contributed by atoms with Gasteiger partial charge in [-0.1, -0.05) is 6.08 Å². The highest BCUT2D eigenvalue weighted by atomic mass is 32.2. The zero-order valence-corrected chi connectivity index (χ0v) is 15.5. The molecular weight excluding hydrogens is 338 g/mol. The van der Waals surface area contributed by atoms with Gasteiger partial charge in [0, 0.05) is 29.1 Å². The molecule has 0 radical (unpaired) electrons. The maximum absolute atomic E-state index is 12.6. The smallest absolute Gasteiger partial charge is 0.251 e. The molecule has 1 N–H and O–H groups in total. The van der Waals surface area contributed by atoms with Crippen LogP contribution < -0.4 is 5.32 Å². The normalized spacial score (nSPS) is 32.2. The van der Waals surface area contributed by atoms with E-state index in [9.17, 15) is 4.79 Å². The lowest BCUT2D eigenvalue weighted by Gasteiger charge is -2.49. The number of piperidine rings is 3. The van der Waals surface area contributed by atoms with Gasteiger partial charge in [-0.3, -0.25) is 9.69 Å². The highest BCUT2D eigenvalue weighted by Crippen LogP contribution is 2.34. The van der Waals surface area contributed by atoms with Crippen molar-refractivity contribution in [1.82, 2.24) is 13.9 Å². The lowest BCUT2D eigenvalue weighted by atomic mass is 9.79. The Morgan fingerprint density at radius 1 is 1.25 bits per heavy atom. The van der Waals surface area contributed by atoms with E-state index in [1.807, 2.05) is 24.3 Å². The summed E-state index contributed by atoms with van der Waals surface area (Å²) in [6, 6.07) is 8.71. The monoisotopic (exact) mass is 361 g/mol. The minimum Gasteiger partial charge on any atom is -0.347 e. The highest BCUT2D eigenvalue weighted by Gasteiger charge is 2.40. The average molecular weight is 362 g/mol. The molecule has 0 aromatic heterocycles. The first kappa shape index (κ1) is 16.5. The number of hydrogen-bond acceptors (Lipinski definition) is 5. The van der Waals surface area contributed by atoms with Crippen molar-refractivity contribution in [1.29, 1.82) is 0 Å². The average Bonchev–Trinajstić information content (AvgIpc) is 3.12. The lowest BCUT2D eigenvalue weighted by Crippen LogP contribution is -2.62. The van der Waals surface area contributed by atoms with Crippen molar-refractivity contribution in [3.05, 3.63) is 41.3 Å². The summed E-state index contributed by atoms with van der Waals surface area (Å²) in [4.78, 5) is 16.3. The van der Waals surface area contributed by atoms with Crippen LogP contribution in [0.15, 0.2) is 40.6 Å². The molecule has 3 fully saturated rings. The maximum atomic E-state index is 12.6. The summed E-state index contributed by atoms with van der Waals surface area (Å²) in [5, 5.41) is 5.40. The molecule has 1 aromatic carbocycles. The molecule has 1 amide bonds. The Morgan fingerprint density at radius 2 is 2.00 bits per heavy atom. The van der Waals surface area contributed by atoms with Crippen molar-refractivity contribution < 1.29 is 4.79 Å². The number of carbonyl (C=O) groups is 1. The fourth-order valence-electron chi connectivity index (χ4n) is 3.91. The van der Waals surface area contributed by atoms with Gasteiger partial charge in [-0.2, -0.15) is 3.71 Å². The van der Waals surface area contributed by atoms with E-state index in [4.69, 9.17) is 0 Å². The molecular formula is C18H23N3OS2. The Kier molecular flexibility index (Phi) is 4.90. The van der Waals surface area contributed by atoms with Crippen LogP contribution in [-0.2, 0) is 0 Å². The largest absolute Gasteiger partial charge is 0.347 e. The van der Waals surface area contributed by atoms with Crippen LogP contribution in [0.2, 0.25) is 0 Å². The van der Waals surface area contributed by atoms with Crippen LogP contribution in [0.1, 0.15) is 30.1 Å². The van der Waals surface area contributed by atoms with E-state index in [2.05, 4.69) is 32.3 Å². The van der Waals surface area contributed by atoms with Crippen molar-refractivity contribution in [2.75, 3.05) is 19.6 Å². The molecule has 2 atom stereocenters. The maximum Gasteiger partial charge on any atom is 0.251 e. The van der Waals surface area contributed by atoms with E-state index in [1.165, 1.54) is 30.8 Å². The number of amides is 1. The van der Waals surface area contributed by atoms with Gasteiger partial charge in [0.15, 0.2) is 0 Å². The number of carbonyl (C=O) groups excluding carboxylic acids is 1. The number of benzene rings is 1. The third kappa shape index (κ3) is 3.38. The first-order valence-corrected chi connectivity index (χ1v) is 10.2. The number of hydrogen-bond donors (Lipinski definition) is 1. The van der Waals surface area contributed by atoms with Gasteiger partial charge in [0.05, 0.1) is 0 Å². The van der Waals surface area contributed by atoms with Crippen molar-refractivity contribution in [2.24, 2.45) is 5.92 Å². The number of nitrogens with zero attached hydrogens (tertiary/aromatic N) is 2. The molecule has 4 heterocycles. The van der Waals surface area contributed by atoms with Crippen molar-refractivity contribution in [3.8, 4) is 0 Å². The van der Waals surface area contributed by atoms with Crippen LogP contribution in [0.25, 0.3) is 0 Å². The van der Waals surface area contributed by atoms with E-state index < -0.39 is 0 Å². The second-order valence-electron chi connectivity index (χ2n) is 6.72. The molecule has 5 rings (SSSR count). The molecule has 4 aliphatic heterocycles. The molecule has 0 spiro atoms. The zero-order chi connectivity index (χ0) is 16.5. The highest BCUT2D eigenvalue weighted by molar-refractivity contribution is 8.13. The SMILES string of the molecule is C[C@H]1[C@H](NC(=O)c2ccc(SN3CC=CS3)cc2)C2CCN1CC2. The Labute approximate surface area is 152 Å². The number of nitrogens with one attached hydrogen (secondary N) is 1. The summed E-state index contributed by atoms with van der Waals surface area (Å²) in [5.41, 5.74) is 0.759. The van der Waals surface area contributed by atoms with Gasteiger partial charge in [0.25, 0.3) is 5.91 Å². The molecule has 24 heavy (non-hydrogen) atoms. The van der Waals surface area contributed by atoms with Crippen LogP contribution in [0, 0.1) is 5.92 Å². The van der Waals surface area contributed by atoms with Crippen molar-refractivity contribution >= 4 is 29.8 Å². The Balaban J connectivity index is 1.37. The Morgan fingerprint density at radius 3 is 2.62 bits per heavy atom. The molecule has 128 valence electrons. The minimum atomic E-state index is 0.0642. The molecule has 3 saturated heterocycles. The van der Waals surface area contributed by atoms with Gasteiger partial charge in [-0.25, -0.2) is 0 Å². The molecule has 0 saturated carbocycles. The van der Waals surface area contributed by atoms with Crippen LogP contribution >= 0.6 is 23.9 Å². The van der Waals surface area contributed by atoms with Crippen molar-refractivity contribution in [3.63, 3.8) is 0 Å². The van der Waals surface area contributed by atoms with Gasteiger partial charge in [0.1, 0.15) is 0 Å². The van der Waals surface area contributed by atoms with Crippen LogP contribution in [0.4, 0.5) is 0 Å². The fraction of sp³-hybridized carbons (Fsp3) is 0.500. The van der Waals surface area contributed by atoms with Gasteiger partial charge >= 0.3 is 0 Å². The summed E-state index contributed by atoms with van der Waals surface area (Å²) in [5.74, 6) is 0.706. The summed E-state index contributed by atoms with van der Waals surface area (Å²) in [7, 11) is 0. The van der Waals surface area contributed by atoms with Crippen LogP contribution in [0.3, 0.4) is 0 Å². The molecule has 2 bridgehead atoms. The first-order chi connectivity index (χ1) is 11.7. The van der Waals surface area contributed by atoms with E-state index in [1.54, 1.807) is 23.9 Å². The lowest BCUT2D eigenvalue weighted by molar-refractivity contribution is 0.0217. The van der Waals surface area contributed by atoms with E-state index in [0.717, 1.165) is 12.1 Å². The standard InChI is InChI=1S/C18H23N3OS2/c1-13-17(14-7-10-20(13)11-8-14)19-18(22)15-3-5-16(6-4-15)24-21-9-2-12-23-21/h2-6,12-14,17H,7-11H2,1H3,(H,19,22)/t13-,17-/m0/s1. The summed E-state index contributed by atoms with van der Waals surface area (Å²) in [6.45, 7) is 5.58. The van der Waals surface area contributed by atoms with Crippen molar-refractivity contribution in [2.45, 2.75) is 36.7 Å².